The largest absolute Gasteiger partial charge is 0.303 e. The molecule has 0 radical (unpaired) electrons. The van der Waals surface area contributed by atoms with Crippen molar-refractivity contribution in [2.24, 2.45) is 5.92 Å². The SMILES string of the molecule is [2H]C([2H])C(C)CC=O. The molecule has 36 valence electrons. The predicted octanol–water partition coefficient (Wildman–Crippen LogP) is 1.23. The Balaban J connectivity index is 3.30. The van der Waals surface area contributed by atoms with Crippen LogP contribution in [0.1, 0.15) is 23.0 Å². The smallest absolute Gasteiger partial charge is 0.120 e. The normalized spacial score (nSPS) is 19.0. The first kappa shape index (κ1) is 2.78. The Morgan fingerprint density at radius 3 is 3.00 bits per heavy atom. The van der Waals surface area contributed by atoms with Crippen molar-refractivity contribution in [2.45, 2.75) is 20.2 Å². The molecule has 0 saturated heterocycles. The second-order valence-electron chi connectivity index (χ2n) is 1.38. The van der Waals surface area contributed by atoms with Gasteiger partial charge in [-0.05, 0) is 5.92 Å². The predicted molar refractivity (Wildman–Crippen MR) is 25.5 cm³/mol. The third-order valence-corrected chi connectivity index (χ3v) is 0.468. The second kappa shape index (κ2) is 2.88. The number of hydrogen-bond donors (Lipinski definition) is 0. The topological polar surface area (TPSA) is 17.1 Å². The number of hydrogen-bond acceptors (Lipinski definition) is 1. The standard InChI is InChI=1S/C5H10O/c1-5(2)3-4-6/h4-5H,3H2,1-2H3/i1D2. The van der Waals surface area contributed by atoms with Gasteiger partial charge >= 0.3 is 0 Å². The molecule has 0 aliphatic rings. The van der Waals surface area contributed by atoms with Crippen LogP contribution in [0.5, 0.6) is 0 Å². The summed E-state index contributed by atoms with van der Waals surface area (Å²) in [6.07, 6.45) is 1.08. The molecule has 0 heterocycles. The van der Waals surface area contributed by atoms with Crippen LogP contribution < -0.4 is 0 Å². The van der Waals surface area contributed by atoms with Crippen LogP contribution in [0.15, 0.2) is 0 Å². The van der Waals surface area contributed by atoms with Crippen LogP contribution in [-0.4, -0.2) is 6.29 Å². The van der Waals surface area contributed by atoms with Crippen LogP contribution in [0.3, 0.4) is 0 Å². The molecule has 1 heteroatoms. The average Bonchev–Trinajstić information content (AvgIpc) is 1.67. The molecule has 0 saturated carbocycles. The Morgan fingerprint density at radius 2 is 2.83 bits per heavy atom. The molecule has 0 aromatic heterocycles. The first-order valence-electron chi connectivity index (χ1n) is 3.12. The first-order valence-corrected chi connectivity index (χ1v) is 1.96. The van der Waals surface area contributed by atoms with E-state index < -0.39 is 6.88 Å². The molecule has 1 atom stereocenters. The third kappa shape index (κ3) is 3.67. The first-order chi connectivity index (χ1) is 3.68. The third-order valence-electron chi connectivity index (χ3n) is 0.468. The van der Waals surface area contributed by atoms with Crippen molar-refractivity contribution in [3.63, 3.8) is 0 Å². The summed E-state index contributed by atoms with van der Waals surface area (Å²) in [5.74, 6) is -0.118. The van der Waals surface area contributed by atoms with E-state index in [-0.39, 0.29) is 5.92 Å². The van der Waals surface area contributed by atoms with Gasteiger partial charge in [0.1, 0.15) is 6.29 Å². The van der Waals surface area contributed by atoms with Gasteiger partial charge in [-0.1, -0.05) is 13.8 Å². The van der Waals surface area contributed by atoms with E-state index in [4.69, 9.17) is 2.74 Å². The van der Waals surface area contributed by atoms with E-state index in [0.29, 0.717) is 6.42 Å². The van der Waals surface area contributed by atoms with Crippen LogP contribution in [-0.2, 0) is 4.79 Å². The minimum absolute atomic E-state index is 0.118. The lowest BCUT2D eigenvalue weighted by molar-refractivity contribution is -0.108. The molecule has 0 aliphatic carbocycles. The quantitative estimate of drug-likeness (QED) is 0.464. The Labute approximate surface area is 41.2 Å². The van der Waals surface area contributed by atoms with Gasteiger partial charge < -0.3 is 4.79 Å². The highest BCUT2D eigenvalue weighted by atomic mass is 16.1. The molecule has 0 aromatic rings. The zero-order valence-corrected chi connectivity index (χ0v) is 3.85. The van der Waals surface area contributed by atoms with Gasteiger partial charge in [-0.2, -0.15) is 0 Å². The molecule has 0 rings (SSSR count). The highest BCUT2D eigenvalue weighted by Gasteiger charge is 1.85. The monoisotopic (exact) mass is 88.1 g/mol. The lowest BCUT2D eigenvalue weighted by atomic mass is 10.2. The van der Waals surface area contributed by atoms with Crippen molar-refractivity contribution in [3.8, 4) is 0 Å². The molecule has 0 amide bonds. The Bertz CT molecular complexity index is 72.8. The lowest BCUT2D eigenvalue weighted by Crippen LogP contribution is -1.84. The molecule has 1 nitrogen and oxygen atoms in total. The zero-order valence-electron chi connectivity index (χ0n) is 5.85. The maximum Gasteiger partial charge on any atom is 0.120 e. The van der Waals surface area contributed by atoms with Crippen molar-refractivity contribution in [2.75, 3.05) is 0 Å². The van der Waals surface area contributed by atoms with Gasteiger partial charge in [-0.25, -0.2) is 0 Å². The van der Waals surface area contributed by atoms with Gasteiger partial charge in [0.2, 0.25) is 0 Å². The Morgan fingerprint density at radius 1 is 2.17 bits per heavy atom. The minimum atomic E-state index is -0.861. The van der Waals surface area contributed by atoms with Crippen molar-refractivity contribution in [3.05, 3.63) is 0 Å². The average molecular weight is 88.1 g/mol. The summed E-state index contributed by atoms with van der Waals surface area (Å²) in [4.78, 5) is 9.75. The molecule has 0 aliphatic heterocycles. The van der Waals surface area contributed by atoms with Crippen LogP contribution in [0.2, 0.25) is 0 Å². The number of rotatable bonds is 2. The van der Waals surface area contributed by atoms with Gasteiger partial charge in [0.15, 0.2) is 0 Å². The fraction of sp³-hybridized carbons (Fsp3) is 0.800. The summed E-state index contributed by atoms with van der Waals surface area (Å²) in [5.41, 5.74) is 0. The second-order valence-corrected chi connectivity index (χ2v) is 1.38. The summed E-state index contributed by atoms with van der Waals surface area (Å²) in [6, 6.07) is 0. The summed E-state index contributed by atoms with van der Waals surface area (Å²) in [7, 11) is 0. The minimum Gasteiger partial charge on any atom is -0.303 e. The molecular weight excluding hydrogens is 76.1 g/mol. The number of aldehydes is 1. The molecule has 0 N–H and O–H groups in total. The van der Waals surface area contributed by atoms with Crippen LogP contribution in [0.4, 0.5) is 0 Å². The molecule has 6 heavy (non-hydrogen) atoms. The van der Waals surface area contributed by atoms with Crippen molar-refractivity contribution < 1.29 is 7.54 Å². The van der Waals surface area contributed by atoms with Gasteiger partial charge in [0, 0.05) is 9.16 Å². The highest BCUT2D eigenvalue weighted by Crippen LogP contribution is 1.92. The summed E-state index contributed by atoms with van der Waals surface area (Å²) in [6.45, 7) is 0.860. The molecule has 0 aromatic carbocycles. The number of carbonyl (C=O) groups is 1. The molecule has 0 fully saturated rings. The van der Waals surface area contributed by atoms with E-state index in [1.54, 1.807) is 6.92 Å². The van der Waals surface area contributed by atoms with Gasteiger partial charge in [0.05, 0.1) is 0 Å². The maximum atomic E-state index is 9.75. The van der Waals surface area contributed by atoms with Gasteiger partial charge in [0.25, 0.3) is 0 Å². The van der Waals surface area contributed by atoms with E-state index in [9.17, 15) is 4.79 Å². The van der Waals surface area contributed by atoms with E-state index in [1.165, 1.54) is 0 Å². The molecule has 1 unspecified atom stereocenters. The van der Waals surface area contributed by atoms with Gasteiger partial charge in [-0.3, -0.25) is 0 Å². The van der Waals surface area contributed by atoms with Crippen molar-refractivity contribution in [1.82, 2.24) is 0 Å². The highest BCUT2D eigenvalue weighted by molar-refractivity contribution is 5.49. The van der Waals surface area contributed by atoms with E-state index >= 15 is 0 Å². The summed E-state index contributed by atoms with van der Waals surface area (Å²) in [5, 5.41) is 0. The molecular formula is C5H10O. The number of carbonyl (C=O) groups excluding carboxylic acids is 1. The molecule has 0 bridgehead atoms. The van der Waals surface area contributed by atoms with Crippen LogP contribution in [0.25, 0.3) is 0 Å². The fourth-order valence-electron chi connectivity index (χ4n) is 0.152. The van der Waals surface area contributed by atoms with Crippen LogP contribution >= 0.6 is 0 Å². The van der Waals surface area contributed by atoms with E-state index in [1.807, 2.05) is 0 Å². The molecule has 0 spiro atoms. The van der Waals surface area contributed by atoms with Crippen molar-refractivity contribution >= 4 is 6.29 Å². The fourth-order valence-corrected chi connectivity index (χ4v) is 0.152. The van der Waals surface area contributed by atoms with Crippen LogP contribution in [0, 0.1) is 5.92 Å². The Hall–Kier alpha value is -0.330. The van der Waals surface area contributed by atoms with E-state index in [2.05, 4.69) is 0 Å². The maximum absolute atomic E-state index is 9.75. The van der Waals surface area contributed by atoms with Gasteiger partial charge in [-0.15, -0.1) is 0 Å². The lowest BCUT2D eigenvalue weighted by Gasteiger charge is -1.89. The van der Waals surface area contributed by atoms with E-state index in [0.717, 1.165) is 6.29 Å². The van der Waals surface area contributed by atoms with Crippen molar-refractivity contribution in [1.29, 1.82) is 0 Å². The Kier molecular flexibility index (Phi) is 1.34. The zero-order chi connectivity index (χ0) is 6.57. The summed E-state index contributed by atoms with van der Waals surface area (Å²) < 4.78 is 13.6. The summed E-state index contributed by atoms with van der Waals surface area (Å²) >= 11 is 0.